The van der Waals surface area contributed by atoms with Crippen LogP contribution in [0.2, 0.25) is 0 Å². The first-order chi connectivity index (χ1) is 7.36. The second kappa shape index (κ2) is 3.24. The Kier molecular flexibility index (Phi) is 1.99. The first-order valence-electron chi connectivity index (χ1n) is 5.74. The van der Waals surface area contributed by atoms with Crippen LogP contribution < -0.4 is 10.1 Å². The number of para-hydroxylation sites is 1. The molecule has 1 heterocycles. The van der Waals surface area contributed by atoms with Crippen molar-refractivity contribution in [3.63, 3.8) is 0 Å². The largest absolute Gasteiger partial charge is 0.496 e. The number of hydrogen-bond donors (Lipinski definition) is 1. The fourth-order valence-corrected chi connectivity index (χ4v) is 2.93. The Balaban J connectivity index is 1.98. The van der Waals surface area contributed by atoms with E-state index in [0.29, 0.717) is 11.5 Å². The summed E-state index contributed by atoms with van der Waals surface area (Å²) in [5, 5.41) is 3.65. The monoisotopic (exact) mass is 203 g/mol. The van der Waals surface area contributed by atoms with Crippen LogP contribution in [-0.2, 0) is 0 Å². The number of hydrogen-bond acceptors (Lipinski definition) is 2. The van der Waals surface area contributed by atoms with Crippen molar-refractivity contribution in [3.05, 3.63) is 29.8 Å². The van der Waals surface area contributed by atoms with Crippen molar-refractivity contribution in [3.8, 4) is 5.75 Å². The van der Waals surface area contributed by atoms with E-state index in [1.807, 2.05) is 6.07 Å². The molecule has 1 saturated carbocycles. The third-order valence-electron chi connectivity index (χ3n) is 3.88. The van der Waals surface area contributed by atoms with Gasteiger partial charge in [0.2, 0.25) is 0 Å². The Hall–Kier alpha value is -1.02. The normalized spacial score (nSPS) is 26.9. The van der Waals surface area contributed by atoms with Gasteiger partial charge in [0.15, 0.2) is 0 Å². The van der Waals surface area contributed by atoms with Crippen LogP contribution in [0.4, 0.5) is 0 Å². The lowest BCUT2D eigenvalue weighted by atomic mass is 9.89. The molecule has 15 heavy (non-hydrogen) atoms. The molecule has 1 unspecified atom stereocenters. The SMILES string of the molecule is COc1ccccc1C1CCNC12CC2. The summed E-state index contributed by atoms with van der Waals surface area (Å²) in [6.45, 7) is 1.16. The molecule has 3 rings (SSSR count). The van der Waals surface area contributed by atoms with Crippen molar-refractivity contribution in [1.82, 2.24) is 5.32 Å². The van der Waals surface area contributed by atoms with Gasteiger partial charge in [0.1, 0.15) is 5.75 Å². The number of methoxy groups -OCH3 is 1. The molecular formula is C13H17NO. The predicted octanol–water partition coefficient (Wildman–Crippen LogP) is 2.30. The molecule has 1 aromatic rings. The number of nitrogens with one attached hydrogen (secondary N) is 1. The van der Waals surface area contributed by atoms with E-state index < -0.39 is 0 Å². The standard InChI is InChI=1S/C13H17NO/c1-15-12-5-3-2-4-10(12)11-6-9-14-13(11)7-8-13/h2-5,11,14H,6-9H2,1H3. The van der Waals surface area contributed by atoms with Gasteiger partial charge in [-0.3, -0.25) is 0 Å². The van der Waals surface area contributed by atoms with Gasteiger partial charge in [0, 0.05) is 11.5 Å². The van der Waals surface area contributed by atoms with Crippen LogP contribution in [0.15, 0.2) is 24.3 Å². The molecule has 0 bridgehead atoms. The summed E-state index contributed by atoms with van der Waals surface area (Å²) >= 11 is 0. The van der Waals surface area contributed by atoms with Crippen LogP contribution in [0.1, 0.15) is 30.7 Å². The van der Waals surface area contributed by atoms with Crippen LogP contribution in [0.25, 0.3) is 0 Å². The van der Waals surface area contributed by atoms with Gasteiger partial charge in [-0.05, 0) is 37.4 Å². The zero-order valence-corrected chi connectivity index (χ0v) is 9.12. The molecule has 1 saturated heterocycles. The molecule has 0 aromatic heterocycles. The molecule has 2 heteroatoms. The molecule has 1 aromatic carbocycles. The molecule has 2 nitrogen and oxygen atoms in total. The van der Waals surface area contributed by atoms with Gasteiger partial charge in [-0.15, -0.1) is 0 Å². The average molecular weight is 203 g/mol. The van der Waals surface area contributed by atoms with Crippen LogP contribution in [0, 0.1) is 0 Å². The Morgan fingerprint density at radius 1 is 1.33 bits per heavy atom. The topological polar surface area (TPSA) is 21.3 Å². The van der Waals surface area contributed by atoms with Gasteiger partial charge >= 0.3 is 0 Å². The lowest BCUT2D eigenvalue weighted by Crippen LogP contribution is -2.27. The molecule has 2 fully saturated rings. The minimum Gasteiger partial charge on any atom is -0.496 e. The fourth-order valence-electron chi connectivity index (χ4n) is 2.93. The molecule has 1 aliphatic heterocycles. The van der Waals surface area contributed by atoms with E-state index in [1.54, 1.807) is 7.11 Å². The van der Waals surface area contributed by atoms with Crippen molar-refractivity contribution < 1.29 is 4.74 Å². The molecule has 0 radical (unpaired) electrons. The zero-order chi connectivity index (χ0) is 10.3. The van der Waals surface area contributed by atoms with E-state index in [2.05, 4.69) is 23.5 Å². The molecule has 1 atom stereocenters. The van der Waals surface area contributed by atoms with Gasteiger partial charge in [-0.1, -0.05) is 18.2 Å². The van der Waals surface area contributed by atoms with Crippen LogP contribution in [0.5, 0.6) is 5.75 Å². The van der Waals surface area contributed by atoms with E-state index in [4.69, 9.17) is 4.74 Å². The molecule has 2 aliphatic rings. The second-order valence-corrected chi connectivity index (χ2v) is 4.67. The highest BCUT2D eigenvalue weighted by molar-refractivity contribution is 5.41. The van der Waals surface area contributed by atoms with Crippen molar-refractivity contribution in [2.75, 3.05) is 13.7 Å². The summed E-state index contributed by atoms with van der Waals surface area (Å²) in [6, 6.07) is 8.46. The van der Waals surface area contributed by atoms with E-state index in [0.717, 1.165) is 12.3 Å². The fraction of sp³-hybridized carbons (Fsp3) is 0.538. The Morgan fingerprint density at radius 3 is 2.87 bits per heavy atom. The lowest BCUT2D eigenvalue weighted by molar-refractivity contribution is 0.400. The Labute approximate surface area is 90.6 Å². The van der Waals surface area contributed by atoms with Crippen molar-refractivity contribution in [2.45, 2.75) is 30.7 Å². The molecule has 0 amide bonds. The van der Waals surface area contributed by atoms with E-state index in [-0.39, 0.29) is 0 Å². The number of benzene rings is 1. The summed E-state index contributed by atoms with van der Waals surface area (Å²) in [5.74, 6) is 1.71. The molecule has 80 valence electrons. The summed E-state index contributed by atoms with van der Waals surface area (Å²) in [4.78, 5) is 0. The highest BCUT2D eigenvalue weighted by Crippen LogP contribution is 2.53. The third kappa shape index (κ3) is 1.36. The second-order valence-electron chi connectivity index (χ2n) is 4.67. The van der Waals surface area contributed by atoms with Gasteiger partial charge in [0.25, 0.3) is 0 Å². The number of ether oxygens (including phenoxy) is 1. The van der Waals surface area contributed by atoms with E-state index in [9.17, 15) is 0 Å². The smallest absolute Gasteiger partial charge is 0.122 e. The zero-order valence-electron chi connectivity index (χ0n) is 9.12. The highest BCUT2D eigenvalue weighted by atomic mass is 16.5. The van der Waals surface area contributed by atoms with Crippen LogP contribution in [0.3, 0.4) is 0 Å². The van der Waals surface area contributed by atoms with E-state index in [1.165, 1.54) is 24.8 Å². The maximum Gasteiger partial charge on any atom is 0.122 e. The predicted molar refractivity (Wildman–Crippen MR) is 60.3 cm³/mol. The summed E-state index contributed by atoms with van der Waals surface area (Å²) in [7, 11) is 1.76. The lowest BCUT2D eigenvalue weighted by Gasteiger charge is -2.20. The molecule has 1 N–H and O–H groups in total. The van der Waals surface area contributed by atoms with Crippen molar-refractivity contribution in [2.24, 2.45) is 0 Å². The highest BCUT2D eigenvalue weighted by Gasteiger charge is 2.52. The summed E-state index contributed by atoms with van der Waals surface area (Å²) < 4.78 is 5.45. The number of rotatable bonds is 2. The maximum atomic E-state index is 5.45. The van der Waals surface area contributed by atoms with Crippen LogP contribution >= 0.6 is 0 Å². The molecule has 1 aliphatic carbocycles. The molecule has 1 spiro atoms. The summed E-state index contributed by atoms with van der Waals surface area (Å²) in [5.41, 5.74) is 1.82. The minimum atomic E-state index is 0.425. The summed E-state index contributed by atoms with van der Waals surface area (Å²) in [6.07, 6.45) is 3.91. The maximum absolute atomic E-state index is 5.45. The van der Waals surface area contributed by atoms with Gasteiger partial charge in [-0.2, -0.15) is 0 Å². The Morgan fingerprint density at radius 2 is 2.13 bits per heavy atom. The van der Waals surface area contributed by atoms with Gasteiger partial charge in [0.05, 0.1) is 7.11 Å². The van der Waals surface area contributed by atoms with Crippen LogP contribution in [-0.4, -0.2) is 19.2 Å². The quantitative estimate of drug-likeness (QED) is 0.796. The van der Waals surface area contributed by atoms with Crippen molar-refractivity contribution in [1.29, 1.82) is 0 Å². The Bertz CT molecular complexity index is 371. The van der Waals surface area contributed by atoms with Crippen molar-refractivity contribution >= 4 is 0 Å². The first-order valence-corrected chi connectivity index (χ1v) is 5.74. The van der Waals surface area contributed by atoms with Gasteiger partial charge < -0.3 is 10.1 Å². The first kappa shape index (κ1) is 9.22. The third-order valence-corrected chi connectivity index (χ3v) is 3.88. The van der Waals surface area contributed by atoms with E-state index >= 15 is 0 Å². The van der Waals surface area contributed by atoms with Gasteiger partial charge in [-0.25, -0.2) is 0 Å². The molecular weight excluding hydrogens is 186 g/mol. The minimum absolute atomic E-state index is 0.425. The average Bonchev–Trinajstić information content (AvgIpc) is 2.91.